The van der Waals surface area contributed by atoms with Crippen LogP contribution in [0.5, 0.6) is 11.5 Å². The molecule has 26 heavy (non-hydrogen) atoms. The van der Waals surface area contributed by atoms with Gasteiger partial charge < -0.3 is 13.9 Å². The van der Waals surface area contributed by atoms with Gasteiger partial charge >= 0.3 is 5.97 Å². The molecule has 2 aliphatic rings. The second kappa shape index (κ2) is 6.83. The van der Waals surface area contributed by atoms with Gasteiger partial charge in [0.25, 0.3) is 0 Å². The molecule has 4 rings (SSSR count). The number of carbonyl (C=O) groups is 2. The van der Waals surface area contributed by atoms with Crippen molar-refractivity contribution in [3.05, 3.63) is 53.2 Å². The van der Waals surface area contributed by atoms with E-state index in [9.17, 15) is 9.59 Å². The van der Waals surface area contributed by atoms with E-state index in [1.165, 1.54) is 12.7 Å². The van der Waals surface area contributed by atoms with Crippen LogP contribution in [-0.4, -0.2) is 11.8 Å². The highest BCUT2D eigenvalue weighted by Crippen LogP contribution is 2.38. The van der Waals surface area contributed by atoms with Gasteiger partial charge in [0.15, 0.2) is 5.76 Å². The number of ether oxygens (including phenoxy) is 2. The van der Waals surface area contributed by atoms with Gasteiger partial charge in [0.2, 0.25) is 5.78 Å². The summed E-state index contributed by atoms with van der Waals surface area (Å²) in [6.45, 7) is 1.81. The van der Waals surface area contributed by atoms with Crippen molar-refractivity contribution in [3.63, 3.8) is 0 Å². The topological polar surface area (TPSA) is 65.7 Å². The standard InChI is InChI=1S/C21H20O5/c1-13-10-16(25-21(23)14-6-3-2-4-7-14)12-17-19(13)20(22)18(26-17)11-15-8-5-9-24-15/h5,8-12,14H,2-4,6-7H2,1H3/b18-11-. The Balaban J connectivity index is 1.56. The van der Waals surface area contributed by atoms with Crippen LogP contribution in [0.1, 0.15) is 53.8 Å². The van der Waals surface area contributed by atoms with Crippen LogP contribution >= 0.6 is 0 Å². The minimum Gasteiger partial charge on any atom is -0.465 e. The van der Waals surface area contributed by atoms with E-state index < -0.39 is 0 Å². The summed E-state index contributed by atoms with van der Waals surface area (Å²) in [7, 11) is 0. The van der Waals surface area contributed by atoms with E-state index in [-0.39, 0.29) is 23.4 Å². The molecule has 134 valence electrons. The summed E-state index contributed by atoms with van der Waals surface area (Å²) in [4.78, 5) is 24.9. The van der Waals surface area contributed by atoms with E-state index in [1.807, 2.05) is 6.92 Å². The van der Waals surface area contributed by atoms with Crippen LogP contribution in [0.2, 0.25) is 0 Å². The van der Waals surface area contributed by atoms with E-state index in [1.54, 1.807) is 30.3 Å². The Bertz CT molecular complexity index is 870. The maximum atomic E-state index is 12.6. The molecular formula is C21H20O5. The quantitative estimate of drug-likeness (QED) is 0.455. The number of Topliss-reactive ketones (excluding diaryl/α,β-unsaturated/α-hetero) is 1. The van der Waals surface area contributed by atoms with Crippen molar-refractivity contribution in [2.24, 2.45) is 5.92 Å². The van der Waals surface area contributed by atoms with E-state index in [0.717, 1.165) is 31.2 Å². The van der Waals surface area contributed by atoms with Gasteiger partial charge in [0.1, 0.15) is 17.3 Å². The van der Waals surface area contributed by atoms with Gasteiger partial charge in [-0.1, -0.05) is 19.3 Å². The highest BCUT2D eigenvalue weighted by molar-refractivity contribution is 6.15. The highest BCUT2D eigenvalue weighted by Gasteiger charge is 2.31. The first-order valence-corrected chi connectivity index (χ1v) is 8.96. The third-order valence-corrected chi connectivity index (χ3v) is 4.92. The Kier molecular flexibility index (Phi) is 4.37. The average molecular weight is 352 g/mol. The molecule has 0 saturated heterocycles. The number of rotatable bonds is 3. The first-order chi connectivity index (χ1) is 12.6. The van der Waals surface area contributed by atoms with Crippen molar-refractivity contribution in [1.82, 2.24) is 0 Å². The molecule has 0 N–H and O–H groups in total. The summed E-state index contributed by atoms with van der Waals surface area (Å²) in [5.41, 5.74) is 1.22. The predicted molar refractivity (Wildman–Crippen MR) is 95.0 cm³/mol. The highest BCUT2D eigenvalue weighted by atomic mass is 16.5. The lowest BCUT2D eigenvalue weighted by Crippen LogP contribution is -2.22. The molecule has 0 spiro atoms. The molecule has 1 saturated carbocycles. The van der Waals surface area contributed by atoms with Gasteiger partial charge in [-0.05, 0) is 43.5 Å². The average Bonchev–Trinajstić information content (AvgIpc) is 3.24. The zero-order valence-electron chi connectivity index (χ0n) is 14.6. The second-order valence-corrected chi connectivity index (χ2v) is 6.82. The molecular weight excluding hydrogens is 332 g/mol. The van der Waals surface area contributed by atoms with Gasteiger partial charge in [0.05, 0.1) is 17.7 Å². The maximum Gasteiger partial charge on any atom is 0.314 e. The van der Waals surface area contributed by atoms with Crippen molar-refractivity contribution >= 4 is 17.8 Å². The molecule has 1 fully saturated rings. The van der Waals surface area contributed by atoms with Crippen LogP contribution in [0.4, 0.5) is 0 Å². The van der Waals surface area contributed by atoms with Crippen LogP contribution < -0.4 is 9.47 Å². The minimum absolute atomic E-state index is 0.0331. The summed E-state index contributed by atoms with van der Waals surface area (Å²) in [6, 6.07) is 6.82. The lowest BCUT2D eigenvalue weighted by atomic mass is 9.89. The van der Waals surface area contributed by atoms with Gasteiger partial charge in [-0.25, -0.2) is 0 Å². The number of carbonyl (C=O) groups excluding carboxylic acids is 2. The molecule has 1 aromatic carbocycles. The number of fused-ring (bicyclic) bond motifs is 1. The summed E-state index contributed by atoms with van der Waals surface area (Å²) in [6.07, 6.45) is 8.19. The largest absolute Gasteiger partial charge is 0.465 e. The van der Waals surface area contributed by atoms with Gasteiger partial charge in [0, 0.05) is 12.1 Å². The Hall–Kier alpha value is -2.82. The van der Waals surface area contributed by atoms with Crippen molar-refractivity contribution in [3.8, 4) is 11.5 Å². The monoisotopic (exact) mass is 352 g/mol. The number of benzene rings is 1. The fraction of sp³-hybridized carbons (Fsp3) is 0.333. The van der Waals surface area contributed by atoms with Gasteiger partial charge in [-0.15, -0.1) is 0 Å². The summed E-state index contributed by atoms with van der Waals surface area (Å²) in [5.74, 6) is 1.16. The van der Waals surface area contributed by atoms with Crippen LogP contribution in [0.15, 0.2) is 40.7 Å². The van der Waals surface area contributed by atoms with Gasteiger partial charge in [-0.2, -0.15) is 0 Å². The molecule has 5 nitrogen and oxygen atoms in total. The number of ketones is 1. The lowest BCUT2D eigenvalue weighted by molar-refractivity contribution is -0.139. The molecule has 0 amide bonds. The number of aryl methyl sites for hydroxylation is 1. The summed E-state index contributed by atoms with van der Waals surface area (Å²) < 4.78 is 16.5. The van der Waals surface area contributed by atoms with E-state index >= 15 is 0 Å². The number of furan rings is 1. The van der Waals surface area contributed by atoms with E-state index in [0.29, 0.717) is 22.8 Å². The molecule has 5 heteroatoms. The van der Waals surface area contributed by atoms with Crippen molar-refractivity contribution in [2.75, 3.05) is 0 Å². The fourth-order valence-corrected chi connectivity index (χ4v) is 3.58. The molecule has 2 heterocycles. The molecule has 1 aliphatic heterocycles. The zero-order valence-corrected chi connectivity index (χ0v) is 14.6. The number of hydrogen-bond acceptors (Lipinski definition) is 5. The maximum absolute atomic E-state index is 12.6. The van der Waals surface area contributed by atoms with E-state index in [4.69, 9.17) is 13.9 Å². The molecule has 0 unspecified atom stereocenters. The molecule has 0 atom stereocenters. The Morgan fingerprint density at radius 2 is 2.04 bits per heavy atom. The van der Waals surface area contributed by atoms with Crippen LogP contribution in [0.25, 0.3) is 6.08 Å². The Morgan fingerprint density at radius 3 is 2.77 bits per heavy atom. The van der Waals surface area contributed by atoms with E-state index in [2.05, 4.69) is 0 Å². The lowest BCUT2D eigenvalue weighted by Gasteiger charge is -2.20. The van der Waals surface area contributed by atoms with Crippen LogP contribution in [-0.2, 0) is 4.79 Å². The summed E-state index contributed by atoms with van der Waals surface area (Å²) >= 11 is 0. The number of allylic oxidation sites excluding steroid dienone is 1. The molecule has 1 aromatic heterocycles. The molecule has 0 radical (unpaired) electrons. The Labute approximate surface area is 151 Å². The third-order valence-electron chi connectivity index (χ3n) is 4.92. The van der Waals surface area contributed by atoms with Crippen LogP contribution in [0.3, 0.4) is 0 Å². The van der Waals surface area contributed by atoms with Crippen molar-refractivity contribution in [2.45, 2.75) is 39.0 Å². The second-order valence-electron chi connectivity index (χ2n) is 6.82. The van der Waals surface area contributed by atoms with Crippen molar-refractivity contribution in [1.29, 1.82) is 0 Å². The first-order valence-electron chi connectivity index (χ1n) is 8.96. The molecule has 1 aliphatic carbocycles. The number of esters is 1. The number of hydrogen-bond donors (Lipinski definition) is 0. The summed E-state index contributed by atoms with van der Waals surface area (Å²) in [5, 5.41) is 0. The van der Waals surface area contributed by atoms with Crippen molar-refractivity contribution < 1.29 is 23.5 Å². The smallest absolute Gasteiger partial charge is 0.314 e. The fourth-order valence-electron chi connectivity index (χ4n) is 3.58. The molecule has 0 bridgehead atoms. The van der Waals surface area contributed by atoms with Gasteiger partial charge in [-0.3, -0.25) is 9.59 Å². The SMILES string of the molecule is Cc1cc(OC(=O)C2CCCCC2)cc2c1C(=O)/C(=C/c1ccco1)O2. The minimum atomic E-state index is -0.195. The molecule has 2 aromatic rings. The zero-order chi connectivity index (χ0) is 18.1. The van der Waals surface area contributed by atoms with Crippen LogP contribution in [0, 0.1) is 12.8 Å². The predicted octanol–water partition coefficient (Wildman–Crippen LogP) is 4.69. The normalized spacial score (nSPS) is 18.7. The third kappa shape index (κ3) is 3.17. The Morgan fingerprint density at radius 1 is 1.23 bits per heavy atom. The first kappa shape index (κ1) is 16.6.